The lowest BCUT2D eigenvalue weighted by atomic mass is 9.91. The summed E-state index contributed by atoms with van der Waals surface area (Å²) in [6, 6.07) is 10.3. The summed E-state index contributed by atoms with van der Waals surface area (Å²) in [7, 11) is 0. The van der Waals surface area contributed by atoms with Crippen LogP contribution in [-0.2, 0) is 11.2 Å². The summed E-state index contributed by atoms with van der Waals surface area (Å²) in [5, 5.41) is 0. The minimum Gasteiger partial charge on any atom is -0.299 e. The van der Waals surface area contributed by atoms with Crippen molar-refractivity contribution in [2.24, 2.45) is 5.92 Å². The van der Waals surface area contributed by atoms with E-state index in [4.69, 9.17) is 0 Å². The molecule has 1 aromatic rings. The van der Waals surface area contributed by atoms with Crippen LogP contribution >= 0.6 is 0 Å². The molecule has 0 heterocycles. The molecule has 0 aliphatic rings. The molecule has 0 aromatic heterocycles. The number of hydrogen-bond donors (Lipinski definition) is 0. The smallest absolute Gasteiger partial charge is 0.136 e. The van der Waals surface area contributed by atoms with Crippen molar-refractivity contribution in [1.29, 1.82) is 0 Å². The molecule has 0 aliphatic carbocycles. The first-order valence-electron chi connectivity index (χ1n) is 5.84. The number of ketones is 1. The number of Topliss-reactive ketones (excluding diaryl/α,β-unsaturated/α-hetero) is 1. The Morgan fingerprint density at radius 1 is 1.20 bits per heavy atom. The van der Waals surface area contributed by atoms with Crippen LogP contribution in [-0.4, -0.2) is 5.78 Å². The number of carbonyl (C=O) groups is 1. The van der Waals surface area contributed by atoms with Gasteiger partial charge in [-0.1, -0.05) is 44.2 Å². The average Bonchev–Trinajstić information content (AvgIpc) is 2.27. The van der Waals surface area contributed by atoms with Crippen LogP contribution < -0.4 is 0 Å². The standard InChI is InChI=1S/C14H20O/c1-3-8-14(15)13(4-2)11-12-9-6-5-7-10-12/h5-7,9-10,13H,3-4,8,11H2,1-2H3/t13-/m1/s1. The molecule has 1 nitrogen and oxygen atoms in total. The van der Waals surface area contributed by atoms with Crippen LogP contribution in [0, 0.1) is 5.92 Å². The van der Waals surface area contributed by atoms with Crippen molar-refractivity contribution >= 4 is 5.78 Å². The highest BCUT2D eigenvalue weighted by atomic mass is 16.1. The van der Waals surface area contributed by atoms with Gasteiger partial charge in [0.1, 0.15) is 5.78 Å². The molecule has 0 saturated carbocycles. The second-order valence-electron chi connectivity index (χ2n) is 4.01. The zero-order chi connectivity index (χ0) is 11.1. The van der Waals surface area contributed by atoms with Gasteiger partial charge in [0.05, 0.1) is 0 Å². The fourth-order valence-corrected chi connectivity index (χ4v) is 1.83. The predicted octanol–water partition coefficient (Wildman–Crippen LogP) is 3.62. The SMILES string of the molecule is CCCC(=O)[C@H](CC)Cc1ccccc1. The van der Waals surface area contributed by atoms with Crippen LogP contribution in [0.4, 0.5) is 0 Å². The van der Waals surface area contributed by atoms with E-state index in [1.807, 2.05) is 18.2 Å². The Morgan fingerprint density at radius 2 is 1.87 bits per heavy atom. The summed E-state index contributed by atoms with van der Waals surface area (Å²) in [5.74, 6) is 0.635. The Bertz CT molecular complexity index is 289. The summed E-state index contributed by atoms with van der Waals surface area (Å²) < 4.78 is 0. The second kappa shape index (κ2) is 6.39. The van der Waals surface area contributed by atoms with E-state index < -0.39 is 0 Å². The van der Waals surface area contributed by atoms with Crippen LogP contribution in [0.1, 0.15) is 38.7 Å². The van der Waals surface area contributed by atoms with Crippen molar-refractivity contribution < 1.29 is 4.79 Å². The van der Waals surface area contributed by atoms with Crippen molar-refractivity contribution in [3.8, 4) is 0 Å². The highest BCUT2D eigenvalue weighted by molar-refractivity contribution is 5.81. The zero-order valence-electron chi connectivity index (χ0n) is 9.70. The lowest BCUT2D eigenvalue weighted by Crippen LogP contribution is -2.15. The molecule has 1 heteroatoms. The first kappa shape index (κ1) is 12.0. The Kier molecular flexibility index (Phi) is 5.09. The van der Waals surface area contributed by atoms with E-state index in [1.54, 1.807) is 0 Å². The quantitative estimate of drug-likeness (QED) is 0.691. The molecule has 1 aromatic carbocycles. The third-order valence-corrected chi connectivity index (χ3v) is 2.77. The van der Waals surface area contributed by atoms with E-state index in [0.717, 1.165) is 25.7 Å². The van der Waals surface area contributed by atoms with Gasteiger partial charge in [-0.15, -0.1) is 0 Å². The number of rotatable bonds is 6. The van der Waals surface area contributed by atoms with Gasteiger partial charge in [0.25, 0.3) is 0 Å². The average molecular weight is 204 g/mol. The molecule has 0 saturated heterocycles. The summed E-state index contributed by atoms with van der Waals surface area (Å²) >= 11 is 0. The van der Waals surface area contributed by atoms with Gasteiger partial charge >= 0.3 is 0 Å². The summed E-state index contributed by atoms with van der Waals surface area (Å²) in [6.45, 7) is 4.16. The summed E-state index contributed by atoms with van der Waals surface area (Å²) in [4.78, 5) is 11.8. The van der Waals surface area contributed by atoms with Gasteiger partial charge < -0.3 is 0 Å². The molecule has 15 heavy (non-hydrogen) atoms. The van der Waals surface area contributed by atoms with Crippen LogP contribution in [0.15, 0.2) is 30.3 Å². The third kappa shape index (κ3) is 3.86. The van der Waals surface area contributed by atoms with Gasteiger partial charge in [-0.05, 0) is 24.8 Å². The maximum absolute atomic E-state index is 11.8. The van der Waals surface area contributed by atoms with Gasteiger partial charge in [-0.2, -0.15) is 0 Å². The molecule has 0 bridgehead atoms. The third-order valence-electron chi connectivity index (χ3n) is 2.77. The summed E-state index contributed by atoms with van der Waals surface area (Å²) in [5.41, 5.74) is 1.27. The van der Waals surface area contributed by atoms with Crippen molar-refractivity contribution in [2.45, 2.75) is 39.5 Å². The Hall–Kier alpha value is -1.11. The highest BCUT2D eigenvalue weighted by Gasteiger charge is 2.15. The van der Waals surface area contributed by atoms with E-state index >= 15 is 0 Å². The fourth-order valence-electron chi connectivity index (χ4n) is 1.83. The number of benzene rings is 1. The van der Waals surface area contributed by atoms with Gasteiger partial charge in [0.2, 0.25) is 0 Å². The molecule has 1 atom stereocenters. The van der Waals surface area contributed by atoms with Crippen molar-refractivity contribution in [3.63, 3.8) is 0 Å². The normalized spacial score (nSPS) is 12.4. The largest absolute Gasteiger partial charge is 0.299 e. The van der Waals surface area contributed by atoms with E-state index in [0.29, 0.717) is 5.78 Å². The molecule has 1 rings (SSSR count). The summed E-state index contributed by atoms with van der Waals surface area (Å²) in [6.07, 6.45) is 3.54. The first-order valence-corrected chi connectivity index (χ1v) is 5.84. The molecule has 0 aliphatic heterocycles. The minimum absolute atomic E-state index is 0.215. The highest BCUT2D eigenvalue weighted by Crippen LogP contribution is 2.15. The Balaban J connectivity index is 2.58. The maximum Gasteiger partial charge on any atom is 0.136 e. The molecular formula is C14H20O. The van der Waals surface area contributed by atoms with Gasteiger partial charge in [0, 0.05) is 12.3 Å². The Morgan fingerprint density at radius 3 is 2.40 bits per heavy atom. The molecule has 82 valence electrons. The minimum atomic E-state index is 0.215. The van der Waals surface area contributed by atoms with E-state index in [2.05, 4.69) is 26.0 Å². The first-order chi connectivity index (χ1) is 7.27. The molecular weight excluding hydrogens is 184 g/mol. The second-order valence-corrected chi connectivity index (χ2v) is 4.01. The van der Waals surface area contributed by atoms with E-state index in [1.165, 1.54) is 5.56 Å². The topological polar surface area (TPSA) is 17.1 Å². The fraction of sp³-hybridized carbons (Fsp3) is 0.500. The molecule has 0 amide bonds. The zero-order valence-corrected chi connectivity index (χ0v) is 9.70. The molecule has 0 N–H and O–H groups in total. The van der Waals surface area contributed by atoms with Crippen LogP contribution in [0.2, 0.25) is 0 Å². The van der Waals surface area contributed by atoms with Crippen molar-refractivity contribution in [1.82, 2.24) is 0 Å². The Labute approximate surface area is 92.5 Å². The predicted molar refractivity (Wildman–Crippen MR) is 63.8 cm³/mol. The van der Waals surface area contributed by atoms with Crippen molar-refractivity contribution in [2.75, 3.05) is 0 Å². The van der Waals surface area contributed by atoms with Crippen molar-refractivity contribution in [3.05, 3.63) is 35.9 Å². The van der Waals surface area contributed by atoms with E-state index in [9.17, 15) is 4.79 Å². The molecule has 0 fully saturated rings. The van der Waals surface area contributed by atoms with Crippen LogP contribution in [0.3, 0.4) is 0 Å². The van der Waals surface area contributed by atoms with Gasteiger partial charge in [-0.3, -0.25) is 4.79 Å². The molecule has 0 spiro atoms. The lowest BCUT2D eigenvalue weighted by Gasteiger charge is -2.13. The maximum atomic E-state index is 11.8. The van der Waals surface area contributed by atoms with Crippen LogP contribution in [0.5, 0.6) is 0 Å². The number of carbonyl (C=O) groups excluding carboxylic acids is 1. The van der Waals surface area contributed by atoms with Crippen LogP contribution in [0.25, 0.3) is 0 Å². The monoisotopic (exact) mass is 204 g/mol. The molecule has 0 unspecified atom stereocenters. The van der Waals surface area contributed by atoms with Gasteiger partial charge in [-0.25, -0.2) is 0 Å². The lowest BCUT2D eigenvalue weighted by molar-refractivity contribution is -0.122. The molecule has 0 radical (unpaired) electrons. The number of hydrogen-bond acceptors (Lipinski definition) is 1. The van der Waals surface area contributed by atoms with Gasteiger partial charge in [0.15, 0.2) is 0 Å². The van der Waals surface area contributed by atoms with E-state index in [-0.39, 0.29) is 5.92 Å².